The van der Waals surface area contributed by atoms with Gasteiger partial charge in [0.1, 0.15) is 0 Å². The van der Waals surface area contributed by atoms with Crippen LogP contribution in [0.3, 0.4) is 0 Å². The second-order valence-electron chi connectivity index (χ2n) is 2.27. The number of methoxy groups -OCH3 is 1. The molecule has 0 N–H and O–H groups in total. The molecule has 0 aliphatic carbocycles. The molecule has 0 bridgehead atoms. The van der Waals surface area contributed by atoms with Gasteiger partial charge in [0.05, 0.1) is 19.2 Å². The third kappa shape index (κ3) is 1.76. The van der Waals surface area contributed by atoms with Gasteiger partial charge in [-0.1, -0.05) is 5.16 Å². The van der Waals surface area contributed by atoms with E-state index in [9.17, 15) is 4.79 Å². The molecular weight excluding hydrogens is 182 g/mol. The molecule has 0 aliphatic rings. The van der Waals surface area contributed by atoms with Crippen LogP contribution >= 0.6 is 11.6 Å². The monoisotopic (exact) mass is 189 g/mol. The Labute approximate surface area is 74.4 Å². The van der Waals surface area contributed by atoms with E-state index in [0.29, 0.717) is 11.3 Å². The number of halogens is 1. The van der Waals surface area contributed by atoms with Crippen molar-refractivity contribution in [3.63, 3.8) is 0 Å². The van der Waals surface area contributed by atoms with Gasteiger partial charge in [0.15, 0.2) is 0 Å². The van der Waals surface area contributed by atoms with E-state index in [1.54, 1.807) is 6.92 Å². The first-order chi connectivity index (χ1) is 5.65. The molecular formula is C7H8ClNO3. The Morgan fingerprint density at radius 3 is 2.83 bits per heavy atom. The molecule has 0 aliphatic heterocycles. The summed E-state index contributed by atoms with van der Waals surface area (Å²) >= 11 is 5.61. The number of hydrogen-bond donors (Lipinski definition) is 0. The van der Waals surface area contributed by atoms with Crippen LogP contribution in [0.2, 0.25) is 5.22 Å². The maximum atomic E-state index is 10.8. The lowest BCUT2D eigenvalue weighted by molar-refractivity contribution is -0.139. The maximum absolute atomic E-state index is 10.8. The summed E-state index contributed by atoms with van der Waals surface area (Å²) in [5, 5.41) is 3.74. The summed E-state index contributed by atoms with van der Waals surface area (Å²) in [7, 11) is 1.32. The Morgan fingerprint density at radius 2 is 2.42 bits per heavy atom. The van der Waals surface area contributed by atoms with Crippen molar-refractivity contribution in [1.29, 1.82) is 0 Å². The minimum Gasteiger partial charge on any atom is -0.469 e. The average Bonchev–Trinajstić information content (AvgIpc) is 2.35. The second-order valence-corrected chi connectivity index (χ2v) is 2.62. The lowest BCUT2D eigenvalue weighted by Crippen LogP contribution is -2.05. The van der Waals surface area contributed by atoms with Gasteiger partial charge in [0.25, 0.3) is 0 Å². The SMILES string of the molecule is COC(=O)Cc1c(C)noc1Cl. The van der Waals surface area contributed by atoms with E-state index in [1.165, 1.54) is 7.11 Å². The predicted molar refractivity (Wildman–Crippen MR) is 42.0 cm³/mol. The van der Waals surface area contributed by atoms with Gasteiger partial charge < -0.3 is 9.26 Å². The number of hydrogen-bond acceptors (Lipinski definition) is 4. The van der Waals surface area contributed by atoms with E-state index in [2.05, 4.69) is 14.4 Å². The summed E-state index contributed by atoms with van der Waals surface area (Å²) in [6, 6.07) is 0. The Bertz CT molecular complexity index is 275. The molecule has 0 atom stereocenters. The average molecular weight is 190 g/mol. The van der Waals surface area contributed by atoms with Crippen LogP contribution in [0.5, 0.6) is 0 Å². The molecule has 1 aromatic heterocycles. The topological polar surface area (TPSA) is 52.3 Å². The molecule has 0 radical (unpaired) electrons. The number of esters is 1. The first-order valence-electron chi connectivity index (χ1n) is 3.32. The molecule has 0 fully saturated rings. The standard InChI is InChI=1S/C7H8ClNO3/c1-4-5(3-6(10)11-2)7(8)12-9-4/h3H2,1-2H3. The van der Waals surface area contributed by atoms with Crippen LogP contribution in [0.4, 0.5) is 0 Å². The second kappa shape index (κ2) is 3.58. The van der Waals surface area contributed by atoms with Crippen molar-refractivity contribution >= 4 is 17.6 Å². The van der Waals surface area contributed by atoms with E-state index in [4.69, 9.17) is 11.6 Å². The minimum absolute atomic E-state index is 0.102. The van der Waals surface area contributed by atoms with Crippen LogP contribution in [0.1, 0.15) is 11.3 Å². The number of nitrogens with zero attached hydrogens (tertiary/aromatic N) is 1. The number of aryl methyl sites for hydroxylation is 1. The van der Waals surface area contributed by atoms with Gasteiger partial charge in [-0.3, -0.25) is 4.79 Å². The van der Waals surface area contributed by atoms with Gasteiger partial charge in [0.2, 0.25) is 5.22 Å². The zero-order valence-electron chi connectivity index (χ0n) is 6.76. The van der Waals surface area contributed by atoms with Gasteiger partial charge in [-0.2, -0.15) is 0 Å². The van der Waals surface area contributed by atoms with E-state index in [-0.39, 0.29) is 17.6 Å². The quantitative estimate of drug-likeness (QED) is 0.659. The Morgan fingerprint density at radius 1 is 1.75 bits per heavy atom. The summed E-state index contributed by atoms with van der Waals surface area (Å²) in [5.74, 6) is -0.358. The van der Waals surface area contributed by atoms with Crippen LogP contribution in [0.15, 0.2) is 4.52 Å². The molecule has 0 unspecified atom stereocenters. The molecule has 0 saturated heterocycles. The molecule has 1 rings (SSSR count). The van der Waals surface area contributed by atoms with E-state index >= 15 is 0 Å². The zero-order chi connectivity index (χ0) is 9.14. The number of carbonyl (C=O) groups is 1. The molecule has 0 saturated carbocycles. The van der Waals surface area contributed by atoms with Crippen LogP contribution < -0.4 is 0 Å². The van der Waals surface area contributed by atoms with E-state index in [0.717, 1.165) is 0 Å². The molecule has 4 nitrogen and oxygen atoms in total. The summed E-state index contributed by atoms with van der Waals surface area (Å²) in [4.78, 5) is 10.8. The molecule has 0 aromatic carbocycles. The van der Waals surface area contributed by atoms with Crippen LogP contribution in [-0.2, 0) is 16.0 Å². The summed E-state index contributed by atoms with van der Waals surface area (Å²) in [6.07, 6.45) is 0.102. The van der Waals surface area contributed by atoms with Crippen LogP contribution in [0, 0.1) is 6.92 Å². The normalized spacial score (nSPS) is 9.92. The molecule has 0 amide bonds. The number of carbonyl (C=O) groups excluding carboxylic acids is 1. The summed E-state index contributed by atoms with van der Waals surface area (Å²) in [5.41, 5.74) is 1.20. The fourth-order valence-corrected chi connectivity index (χ4v) is 1.01. The van der Waals surface area contributed by atoms with Crippen molar-refractivity contribution in [2.45, 2.75) is 13.3 Å². The van der Waals surface area contributed by atoms with Crippen molar-refractivity contribution in [2.24, 2.45) is 0 Å². The lowest BCUT2D eigenvalue weighted by Gasteiger charge is -1.95. The van der Waals surface area contributed by atoms with Gasteiger partial charge in [-0.25, -0.2) is 0 Å². The number of aromatic nitrogens is 1. The van der Waals surface area contributed by atoms with E-state index in [1.807, 2.05) is 0 Å². The summed E-state index contributed by atoms with van der Waals surface area (Å²) < 4.78 is 9.11. The Kier molecular flexibility index (Phi) is 2.70. The number of rotatable bonds is 2. The van der Waals surface area contributed by atoms with Crippen molar-refractivity contribution < 1.29 is 14.1 Å². The first kappa shape index (κ1) is 9.06. The fraction of sp³-hybridized carbons (Fsp3) is 0.429. The van der Waals surface area contributed by atoms with Crippen molar-refractivity contribution in [2.75, 3.05) is 7.11 Å². The van der Waals surface area contributed by atoms with Gasteiger partial charge in [0, 0.05) is 5.56 Å². The smallest absolute Gasteiger partial charge is 0.310 e. The third-order valence-electron chi connectivity index (χ3n) is 1.49. The van der Waals surface area contributed by atoms with Crippen LogP contribution in [-0.4, -0.2) is 18.2 Å². The Balaban J connectivity index is 2.80. The van der Waals surface area contributed by atoms with Crippen molar-refractivity contribution in [3.8, 4) is 0 Å². The summed E-state index contributed by atoms with van der Waals surface area (Å²) in [6.45, 7) is 1.72. The van der Waals surface area contributed by atoms with Crippen molar-refractivity contribution in [3.05, 3.63) is 16.5 Å². The van der Waals surface area contributed by atoms with Gasteiger partial charge >= 0.3 is 5.97 Å². The molecule has 1 aromatic rings. The predicted octanol–water partition coefficient (Wildman–Crippen LogP) is 1.35. The first-order valence-corrected chi connectivity index (χ1v) is 3.70. The highest BCUT2D eigenvalue weighted by Crippen LogP contribution is 2.19. The largest absolute Gasteiger partial charge is 0.469 e. The number of ether oxygens (including phenoxy) is 1. The van der Waals surface area contributed by atoms with Gasteiger partial charge in [-0.05, 0) is 18.5 Å². The van der Waals surface area contributed by atoms with Crippen molar-refractivity contribution in [1.82, 2.24) is 5.16 Å². The maximum Gasteiger partial charge on any atom is 0.310 e. The minimum atomic E-state index is -0.358. The molecule has 12 heavy (non-hydrogen) atoms. The fourth-order valence-electron chi connectivity index (χ4n) is 0.775. The molecule has 66 valence electrons. The van der Waals surface area contributed by atoms with Gasteiger partial charge in [-0.15, -0.1) is 0 Å². The lowest BCUT2D eigenvalue weighted by atomic mass is 10.2. The van der Waals surface area contributed by atoms with Crippen LogP contribution in [0.25, 0.3) is 0 Å². The molecule has 0 spiro atoms. The molecule has 5 heteroatoms. The Hall–Kier alpha value is -1.03. The highest BCUT2D eigenvalue weighted by atomic mass is 35.5. The zero-order valence-corrected chi connectivity index (χ0v) is 7.51. The highest BCUT2D eigenvalue weighted by molar-refractivity contribution is 6.29. The van der Waals surface area contributed by atoms with E-state index < -0.39 is 0 Å². The molecule has 1 heterocycles. The third-order valence-corrected chi connectivity index (χ3v) is 1.78. The highest BCUT2D eigenvalue weighted by Gasteiger charge is 2.14.